The maximum Gasteiger partial charge on any atom is 0.264 e. The van der Waals surface area contributed by atoms with E-state index in [1.54, 1.807) is 37.3 Å². The van der Waals surface area contributed by atoms with E-state index in [0.717, 1.165) is 27.4 Å². The van der Waals surface area contributed by atoms with Gasteiger partial charge < -0.3 is 15.0 Å². The normalized spacial score (nSPS) is 12.8. The molecule has 41 heavy (non-hydrogen) atoms. The predicted molar refractivity (Wildman–Crippen MR) is 165 cm³/mol. The number of nitrogens with zero attached hydrogens (tertiary/aromatic N) is 2. The van der Waals surface area contributed by atoms with Gasteiger partial charge in [-0.2, -0.15) is 0 Å². The molecule has 3 aromatic rings. The van der Waals surface area contributed by atoms with Crippen LogP contribution in [0.25, 0.3) is 0 Å². The number of amides is 2. The first-order valence-electron chi connectivity index (χ1n) is 13.5. The van der Waals surface area contributed by atoms with Crippen molar-refractivity contribution in [2.45, 2.75) is 64.6 Å². The molecule has 10 heteroatoms. The lowest BCUT2D eigenvalue weighted by atomic mass is 10.1. The second kappa shape index (κ2) is 14.0. The van der Waals surface area contributed by atoms with Crippen LogP contribution < -0.4 is 14.4 Å². The third-order valence-electron chi connectivity index (χ3n) is 6.95. The maximum atomic E-state index is 14.0. The summed E-state index contributed by atoms with van der Waals surface area (Å²) in [4.78, 5) is 28.6. The molecule has 220 valence electrons. The highest BCUT2D eigenvalue weighted by atomic mass is 79.9. The fraction of sp³-hybridized carbons (Fsp3) is 0.355. The van der Waals surface area contributed by atoms with E-state index in [4.69, 9.17) is 4.74 Å². The van der Waals surface area contributed by atoms with Crippen molar-refractivity contribution in [3.63, 3.8) is 0 Å². The van der Waals surface area contributed by atoms with Crippen LogP contribution in [0.4, 0.5) is 5.69 Å². The Balaban J connectivity index is 2.04. The predicted octanol–water partition coefficient (Wildman–Crippen LogP) is 5.60. The second-order valence-electron chi connectivity index (χ2n) is 10.1. The lowest BCUT2D eigenvalue weighted by Gasteiger charge is -2.32. The number of hydrogen-bond donors (Lipinski definition) is 1. The summed E-state index contributed by atoms with van der Waals surface area (Å²) in [6, 6.07) is 18.1. The molecule has 0 fully saturated rings. The SMILES string of the molecule is CCC(C)NC(=O)C(C)N(Cc1ccc(C)cc1)C(=O)CN(c1ccc(C)cc1)S(=O)(=O)c1ccc(OC)c(Br)c1. The second-order valence-corrected chi connectivity index (χ2v) is 12.9. The highest BCUT2D eigenvalue weighted by Crippen LogP contribution is 2.31. The number of rotatable bonds is 12. The fourth-order valence-electron chi connectivity index (χ4n) is 4.11. The van der Waals surface area contributed by atoms with Crippen molar-refractivity contribution >= 4 is 43.5 Å². The van der Waals surface area contributed by atoms with Gasteiger partial charge in [0.25, 0.3) is 10.0 Å². The van der Waals surface area contributed by atoms with E-state index < -0.39 is 28.5 Å². The minimum Gasteiger partial charge on any atom is -0.496 e. The zero-order valence-corrected chi connectivity index (χ0v) is 26.8. The van der Waals surface area contributed by atoms with Crippen molar-refractivity contribution in [3.8, 4) is 5.75 Å². The van der Waals surface area contributed by atoms with Crippen LogP contribution in [0.1, 0.15) is 43.9 Å². The van der Waals surface area contributed by atoms with E-state index in [1.165, 1.54) is 24.1 Å². The monoisotopic (exact) mass is 643 g/mol. The summed E-state index contributed by atoms with van der Waals surface area (Å²) in [5.74, 6) is -0.329. The van der Waals surface area contributed by atoms with Gasteiger partial charge in [0.05, 0.1) is 22.2 Å². The molecule has 0 radical (unpaired) electrons. The summed E-state index contributed by atoms with van der Waals surface area (Å²) < 4.78 is 34.9. The molecule has 0 saturated heterocycles. The molecule has 0 spiro atoms. The van der Waals surface area contributed by atoms with Crippen LogP contribution in [0.5, 0.6) is 5.75 Å². The topological polar surface area (TPSA) is 96.0 Å². The fourth-order valence-corrected chi connectivity index (χ4v) is 6.25. The lowest BCUT2D eigenvalue weighted by molar-refractivity contribution is -0.139. The standard InChI is InChI=1S/C31H38BrN3O5S/c1-7-23(4)33-31(37)24(5)34(19-25-12-8-21(2)9-13-25)30(36)20-35(26-14-10-22(3)11-15-26)41(38,39)27-16-17-29(40-6)28(32)18-27/h8-18,23-24H,7,19-20H2,1-6H3,(H,33,37). The van der Waals surface area contributed by atoms with Gasteiger partial charge in [0.2, 0.25) is 11.8 Å². The average Bonchev–Trinajstić information content (AvgIpc) is 2.95. The molecule has 0 aromatic heterocycles. The Bertz CT molecular complexity index is 1460. The summed E-state index contributed by atoms with van der Waals surface area (Å²) >= 11 is 3.36. The van der Waals surface area contributed by atoms with Gasteiger partial charge in [-0.05, 0) is 85.9 Å². The van der Waals surface area contributed by atoms with E-state index in [1.807, 2.05) is 52.0 Å². The number of anilines is 1. The van der Waals surface area contributed by atoms with Crippen molar-refractivity contribution in [1.29, 1.82) is 0 Å². The number of halogens is 1. The molecule has 8 nitrogen and oxygen atoms in total. The van der Waals surface area contributed by atoms with Gasteiger partial charge in [-0.3, -0.25) is 13.9 Å². The third-order valence-corrected chi connectivity index (χ3v) is 9.34. The largest absolute Gasteiger partial charge is 0.496 e. The molecule has 0 saturated carbocycles. The molecule has 0 aliphatic heterocycles. The molecule has 1 N–H and O–H groups in total. The van der Waals surface area contributed by atoms with E-state index in [2.05, 4.69) is 21.2 Å². The molecule has 0 heterocycles. The number of aryl methyl sites for hydroxylation is 2. The van der Waals surface area contributed by atoms with Crippen LogP contribution in [0.2, 0.25) is 0 Å². The highest BCUT2D eigenvalue weighted by molar-refractivity contribution is 9.10. The molecular weight excluding hydrogens is 606 g/mol. The Labute approximate surface area is 251 Å². The Hall–Kier alpha value is -3.37. The Morgan fingerprint density at radius 1 is 0.951 bits per heavy atom. The first-order chi connectivity index (χ1) is 19.4. The number of hydrogen-bond acceptors (Lipinski definition) is 5. The molecule has 3 aromatic carbocycles. The van der Waals surface area contributed by atoms with E-state index in [-0.39, 0.29) is 23.4 Å². The van der Waals surface area contributed by atoms with E-state index in [0.29, 0.717) is 15.9 Å². The van der Waals surface area contributed by atoms with Crippen LogP contribution in [-0.2, 0) is 26.2 Å². The summed E-state index contributed by atoms with van der Waals surface area (Å²) in [6.45, 7) is 9.04. The van der Waals surface area contributed by atoms with Crippen LogP contribution in [-0.4, -0.2) is 50.9 Å². The van der Waals surface area contributed by atoms with Gasteiger partial charge in [0.15, 0.2) is 0 Å². The zero-order chi connectivity index (χ0) is 30.3. The molecule has 3 rings (SSSR count). The number of methoxy groups -OCH3 is 1. The zero-order valence-electron chi connectivity index (χ0n) is 24.3. The quantitative estimate of drug-likeness (QED) is 0.277. The Kier molecular flexibility index (Phi) is 11.0. The van der Waals surface area contributed by atoms with Crippen LogP contribution in [0, 0.1) is 13.8 Å². The van der Waals surface area contributed by atoms with Crippen LogP contribution >= 0.6 is 15.9 Å². The lowest BCUT2D eigenvalue weighted by Crippen LogP contribution is -2.52. The molecule has 2 amide bonds. The molecule has 0 aliphatic carbocycles. The molecule has 2 unspecified atom stereocenters. The minimum absolute atomic E-state index is 0.00815. The highest BCUT2D eigenvalue weighted by Gasteiger charge is 2.33. The van der Waals surface area contributed by atoms with Gasteiger partial charge in [0.1, 0.15) is 18.3 Å². The van der Waals surface area contributed by atoms with Gasteiger partial charge in [-0.1, -0.05) is 54.4 Å². The number of sulfonamides is 1. The molecule has 0 aliphatic rings. The third kappa shape index (κ3) is 8.10. The number of benzene rings is 3. The van der Waals surface area contributed by atoms with Crippen molar-refractivity contribution < 1.29 is 22.7 Å². The van der Waals surface area contributed by atoms with Crippen molar-refractivity contribution in [2.75, 3.05) is 18.0 Å². The van der Waals surface area contributed by atoms with Crippen molar-refractivity contribution in [1.82, 2.24) is 10.2 Å². The number of ether oxygens (including phenoxy) is 1. The van der Waals surface area contributed by atoms with E-state index in [9.17, 15) is 18.0 Å². The van der Waals surface area contributed by atoms with Crippen molar-refractivity contribution in [3.05, 3.63) is 87.9 Å². The van der Waals surface area contributed by atoms with Gasteiger partial charge >= 0.3 is 0 Å². The van der Waals surface area contributed by atoms with Crippen LogP contribution in [0.15, 0.2) is 76.1 Å². The summed E-state index contributed by atoms with van der Waals surface area (Å²) in [5.41, 5.74) is 3.18. The molecule has 2 atom stereocenters. The summed E-state index contributed by atoms with van der Waals surface area (Å²) in [5, 5.41) is 2.94. The van der Waals surface area contributed by atoms with Gasteiger partial charge in [0, 0.05) is 12.6 Å². The molecule has 0 bridgehead atoms. The van der Waals surface area contributed by atoms with Gasteiger partial charge in [-0.15, -0.1) is 0 Å². The first kappa shape index (κ1) is 32.1. The summed E-state index contributed by atoms with van der Waals surface area (Å²) in [6.07, 6.45) is 0.737. The van der Waals surface area contributed by atoms with Crippen molar-refractivity contribution in [2.24, 2.45) is 0 Å². The van der Waals surface area contributed by atoms with Crippen LogP contribution in [0.3, 0.4) is 0 Å². The number of carbonyl (C=O) groups is 2. The number of carbonyl (C=O) groups excluding carboxylic acids is 2. The summed E-state index contributed by atoms with van der Waals surface area (Å²) in [7, 11) is -2.70. The Morgan fingerprint density at radius 3 is 2.07 bits per heavy atom. The average molecular weight is 645 g/mol. The minimum atomic E-state index is -4.19. The van der Waals surface area contributed by atoms with Gasteiger partial charge in [-0.25, -0.2) is 8.42 Å². The Morgan fingerprint density at radius 2 is 1.54 bits per heavy atom. The smallest absolute Gasteiger partial charge is 0.264 e. The maximum absolute atomic E-state index is 14.0. The first-order valence-corrected chi connectivity index (χ1v) is 15.7. The number of nitrogens with one attached hydrogen (secondary N) is 1. The molecular formula is C31H38BrN3O5S. The van der Waals surface area contributed by atoms with E-state index >= 15 is 0 Å².